The molecule has 2 heterocycles. The molecule has 80 valence electrons. The van der Waals surface area contributed by atoms with Gasteiger partial charge < -0.3 is 15.6 Å². The van der Waals surface area contributed by atoms with Gasteiger partial charge in [0.15, 0.2) is 0 Å². The van der Waals surface area contributed by atoms with E-state index in [1.165, 1.54) is 0 Å². The predicted octanol–water partition coefficient (Wildman–Crippen LogP) is -1.04. The van der Waals surface area contributed by atoms with E-state index >= 15 is 0 Å². The summed E-state index contributed by atoms with van der Waals surface area (Å²) >= 11 is 0. The van der Waals surface area contributed by atoms with Gasteiger partial charge in [-0.1, -0.05) is 0 Å². The Morgan fingerprint density at radius 1 is 1.33 bits per heavy atom. The van der Waals surface area contributed by atoms with Crippen LogP contribution in [0.3, 0.4) is 0 Å². The van der Waals surface area contributed by atoms with Crippen LogP contribution in [0.4, 0.5) is 0 Å². The van der Waals surface area contributed by atoms with E-state index in [0.717, 1.165) is 5.69 Å². The number of amides is 2. The summed E-state index contributed by atoms with van der Waals surface area (Å²) in [5.74, 6) is -0.309. The first kappa shape index (κ1) is 9.70. The molecule has 1 fully saturated rings. The summed E-state index contributed by atoms with van der Waals surface area (Å²) in [6.45, 7) is 1.65. The summed E-state index contributed by atoms with van der Waals surface area (Å²) in [7, 11) is 0. The van der Waals surface area contributed by atoms with Gasteiger partial charge in [-0.25, -0.2) is 4.98 Å². The number of nitrogens with one attached hydrogen (secondary N) is 3. The molecule has 0 radical (unpaired) electrons. The first-order valence-electron chi connectivity index (χ1n) is 4.75. The molecule has 0 aromatic carbocycles. The van der Waals surface area contributed by atoms with Crippen molar-refractivity contribution < 1.29 is 9.59 Å². The second-order valence-corrected chi connectivity index (χ2v) is 3.57. The third kappa shape index (κ3) is 1.98. The van der Waals surface area contributed by atoms with Crippen molar-refractivity contribution in [2.45, 2.75) is 25.4 Å². The van der Waals surface area contributed by atoms with Crippen LogP contribution in [0, 0.1) is 0 Å². The van der Waals surface area contributed by atoms with Crippen molar-refractivity contribution in [2.75, 3.05) is 0 Å². The summed E-state index contributed by atoms with van der Waals surface area (Å²) in [4.78, 5) is 29.6. The van der Waals surface area contributed by atoms with E-state index in [2.05, 4.69) is 20.6 Å². The first-order chi connectivity index (χ1) is 7.16. The lowest BCUT2D eigenvalue weighted by molar-refractivity contribution is -0.136. The summed E-state index contributed by atoms with van der Waals surface area (Å²) in [5, 5.41) is 5.26. The third-order valence-corrected chi connectivity index (χ3v) is 2.36. The lowest BCUT2D eigenvalue weighted by Gasteiger charge is -2.27. The summed E-state index contributed by atoms with van der Waals surface area (Å²) in [6, 6.07) is -0.954. The zero-order chi connectivity index (χ0) is 10.8. The zero-order valence-corrected chi connectivity index (χ0v) is 8.28. The van der Waals surface area contributed by atoms with Gasteiger partial charge in [0, 0.05) is 18.3 Å². The number of H-pyrrole nitrogens is 1. The molecule has 2 atom stereocenters. The molecule has 0 bridgehead atoms. The molecular weight excluding hydrogens is 196 g/mol. The molecule has 1 aromatic heterocycles. The van der Waals surface area contributed by atoms with Crippen molar-refractivity contribution in [3.63, 3.8) is 0 Å². The Kier molecular flexibility index (Phi) is 2.40. The highest BCUT2D eigenvalue weighted by Gasteiger charge is 2.30. The van der Waals surface area contributed by atoms with Crippen LogP contribution in [0.1, 0.15) is 12.6 Å². The number of rotatable bonds is 2. The van der Waals surface area contributed by atoms with Gasteiger partial charge in [-0.15, -0.1) is 0 Å². The Morgan fingerprint density at radius 2 is 2.13 bits per heavy atom. The molecule has 1 aliphatic rings. The maximum Gasteiger partial charge on any atom is 0.243 e. The number of nitrogens with zero attached hydrogens (tertiary/aromatic N) is 1. The Balaban J connectivity index is 2.03. The smallest absolute Gasteiger partial charge is 0.243 e. The van der Waals surface area contributed by atoms with Gasteiger partial charge in [0.1, 0.15) is 12.1 Å². The fourth-order valence-electron chi connectivity index (χ4n) is 1.50. The number of carbonyl (C=O) groups is 2. The highest BCUT2D eigenvalue weighted by Crippen LogP contribution is 2.03. The molecule has 6 nitrogen and oxygen atoms in total. The van der Waals surface area contributed by atoms with E-state index in [9.17, 15) is 9.59 Å². The topological polar surface area (TPSA) is 86.9 Å². The predicted molar refractivity (Wildman–Crippen MR) is 51.8 cm³/mol. The van der Waals surface area contributed by atoms with Crippen LogP contribution in [-0.2, 0) is 16.0 Å². The van der Waals surface area contributed by atoms with Crippen molar-refractivity contribution in [1.82, 2.24) is 20.6 Å². The maximum atomic E-state index is 11.5. The summed E-state index contributed by atoms with van der Waals surface area (Å²) < 4.78 is 0. The molecule has 1 saturated heterocycles. The fourth-order valence-corrected chi connectivity index (χ4v) is 1.50. The van der Waals surface area contributed by atoms with E-state index in [0.29, 0.717) is 6.42 Å². The van der Waals surface area contributed by atoms with Gasteiger partial charge in [-0.2, -0.15) is 0 Å². The molecule has 0 aliphatic carbocycles. The molecule has 3 N–H and O–H groups in total. The van der Waals surface area contributed by atoms with E-state index < -0.39 is 12.1 Å². The quantitative estimate of drug-likeness (QED) is 0.580. The van der Waals surface area contributed by atoms with Crippen LogP contribution in [0.15, 0.2) is 12.5 Å². The standard InChI is InChI=1S/C9H12N4O2/c1-5-8(14)13-7(9(15)12-5)2-6-3-10-4-11-6/h3-5,7H,2H2,1H3,(H,10,11)(H,12,15)(H,13,14)/t5-,7-/m1/s1. The molecule has 0 spiro atoms. The monoisotopic (exact) mass is 208 g/mol. The van der Waals surface area contributed by atoms with E-state index in [1.54, 1.807) is 19.4 Å². The molecule has 1 aliphatic heterocycles. The van der Waals surface area contributed by atoms with Crippen LogP contribution in [-0.4, -0.2) is 33.9 Å². The molecule has 6 heteroatoms. The number of aromatic nitrogens is 2. The van der Waals surface area contributed by atoms with Gasteiger partial charge in [0.2, 0.25) is 11.8 Å². The van der Waals surface area contributed by atoms with Crippen molar-refractivity contribution >= 4 is 11.8 Å². The number of hydrogen-bond donors (Lipinski definition) is 3. The molecule has 0 unspecified atom stereocenters. The second-order valence-electron chi connectivity index (χ2n) is 3.57. The lowest BCUT2D eigenvalue weighted by atomic mass is 10.1. The van der Waals surface area contributed by atoms with Crippen LogP contribution < -0.4 is 10.6 Å². The van der Waals surface area contributed by atoms with Gasteiger partial charge in [0.05, 0.1) is 6.33 Å². The molecule has 2 amide bonds. The Hall–Kier alpha value is -1.85. The van der Waals surface area contributed by atoms with E-state index in [1.807, 2.05) is 0 Å². The van der Waals surface area contributed by atoms with E-state index in [4.69, 9.17) is 0 Å². The number of imidazole rings is 1. The van der Waals surface area contributed by atoms with Crippen LogP contribution in [0.5, 0.6) is 0 Å². The minimum Gasteiger partial charge on any atom is -0.348 e. The molecule has 2 rings (SSSR count). The second kappa shape index (κ2) is 3.72. The average Bonchev–Trinajstić information content (AvgIpc) is 2.67. The van der Waals surface area contributed by atoms with Crippen LogP contribution >= 0.6 is 0 Å². The first-order valence-corrected chi connectivity index (χ1v) is 4.75. The van der Waals surface area contributed by atoms with Gasteiger partial charge in [0.25, 0.3) is 0 Å². The molecular formula is C9H12N4O2. The highest BCUT2D eigenvalue weighted by atomic mass is 16.2. The van der Waals surface area contributed by atoms with Gasteiger partial charge in [-0.05, 0) is 6.92 Å². The average molecular weight is 208 g/mol. The Labute approximate surface area is 86.5 Å². The molecule has 1 aromatic rings. The van der Waals surface area contributed by atoms with Crippen molar-refractivity contribution in [2.24, 2.45) is 0 Å². The molecule has 15 heavy (non-hydrogen) atoms. The summed E-state index contributed by atoms with van der Waals surface area (Å²) in [5.41, 5.74) is 0.824. The van der Waals surface area contributed by atoms with Crippen LogP contribution in [0.25, 0.3) is 0 Å². The normalized spacial score (nSPS) is 25.9. The highest BCUT2D eigenvalue weighted by molar-refractivity contribution is 5.96. The minimum absolute atomic E-state index is 0.154. The number of carbonyl (C=O) groups excluding carboxylic acids is 2. The fraction of sp³-hybridized carbons (Fsp3) is 0.444. The van der Waals surface area contributed by atoms with E-state index in [-0.39, 0.29) is 11.8 Å². The minimum atomic E-state index is -0.505. The lowest BCUT2D eigenvalue weighted by Crippen LogP contribution is -2.61. The third-order valence-electron chi connectivity index (χ3n) is 2.36. The summed E-state index contributed by atoms with van der Waals surface area (Å²) in [6.07, 6.45) is 3.61. The Bertz CT molecular complexity index is 373. The van der Waals surface area contributed by atoms with Crippen molar-refractivity contribution in [3.05, 3.63) is 18.2 Å². The van der Waals surface area contributed by atoms with Crippen LogP contribution in [0.2, 0.25) is 0 Å². The molecule has 0 saturated carbocycles. The van der Waals surface area contributed by atoms with Gasteiger partial charge >= 0.3 is 0 Å². The zero-order valence-electron chi connectivity index (χ0n) is 8.28. The number of hydrogen-bond acceptors (Lipinski definition) is 3. The largest absolute Gasteiger partial charge is 0.348 e. The number of piperazine rings is 1. The van der Waals surface area contributed by atoms with Gasteiger partial charge in [-0.3, -0.25) is 9.59 Å². The number of aromatic amines is 1. The maximum absolute atomic E-state index is 11.5. The Morgan fingerprint density at radius 3 is 2.80 bits per heavy atom. The van der Waals surface area contributed by atoms with Crippen molar-refractivity contribution in [1.29, 1.82) is 0 Å². The SMILES string of the molecule is C[C@H]1NC(=O)[C@@H](Cc2cnc[nH]2)NC1=O. The van der Waals surface area contributed by atoms with Crippen molar-refractivity contribution in [3.8, 4) is 0 Å².